The predicted molar refractivity (Wildman–Crippen MR) is 71.5 cm³/mol. The van der Waals surface area contributed by atoms with Crippen molar-refractivity contribution in [1.82, 2.24) is 9.03 Å². The van der Waals surface area contributed by atoms with Gasteiger partial charge in [0.1, 0.15) is 6.04 Å². The molecule has 0 radical (unpaired) electrons. The standard InChI is InChI=1S/C9H19N3O6S2/c10-19(15,16)7-3-5-11-20(17,18)12-6-2-1-4-8(12)9(13)14/h8,11H,1-7H2,(H,13,14)(H2,10,15,16). The van der Waals surface area contributed by atoms with Gasteiger partial charge in [0, 0.05) is 13.1 Å². The molecule has 11 heteroatoms. The first kappa shape index (κ1) is 17.3. The maximum atomic E-state index is 12.0. The number of sulfonamides is 1. The van der Waals surface area contributed by atoms with Gasteiger partial charge in [0.05, 0.1) is 5.75 Å². The largest absolute Gasteiger partial charge is 0.480 e. The Morgan fingerprint density at radius 3 is 2.50 bits per heavy atom. The molecule has 1 aliphatic rings. The number of nitrogens with zero attached hydrogens (tertiary/aromatic N) is 1. The molecule has 0 amide bonds. The van der Waals surface area contributed by atoms with Crippen LogP contribution in [0.25, 0.3) is 0 Å². The monoisotopic (exact) mass is 329 g/mol. The summed E-state index contributed by atoms with van der Waals surface area (Å²) >= 11 is 0. The van der Waals surface area contributed by atoms with E-state index in [4.69, 9.17) is 10.2 Å². The number of carbonyl (C=O) groups is 1. The van der Waals surface area contributed by atoms with Crippen molar-refractivity contribution < 1.29 is 26.7 Å². The zero-order valence-electron chi connectivity index (χ0n) is 10.9. The highest BCUT2D eigenvalue weighted by atomic mass is 32.2. The van der Waals surface area contributed by atoms with Crippen LogP contribution in [0.4, 0.5) is 0 Å². The maximum absolute atomic E-state index is 12.0. The zero-order valence-corrected chi connectivity index (χ0v) is 12.5. The summed E-state index contributed by atoms with van der Waals surface area (Å²) in [6.07, 6.45) is 1.56. The number of primary sulfonamides is 1. The van der Waals surface area contributed by atoms with E-state index in [1.54, 1.807) is 0 Å². The Kier molecular flexibility index (Phi) is 5.89. The van der Waals surface area contributed by atoms with Crippen LogP contribution >= 0.6 is 0 Å². The molecular formula is C9H19N3O6S2. The Labute approximate surface area is 118 Å². The van der Waals surface area contributed by atoms with Gasteiger partial charge >= 0.3 is 5.97 Å². The second kappa shape index (κ2) is 6.80. The summed E-state index contributed by atoms with van der Waals surface area (Å²) in [4.78, 5) is 11.0. The van der Waals surface area contributed by atoms with Crippen molar-refractivity contribution in [2.75, 3.05) is 18.8 Å². The van der Waals surface area contributed by atoms with E-state index >= 15 is 0 Å². The summed E-state index contributed by atoms with van der Waals surface area (Å²) in [5, 5.41) is 13.8. The molecule has 0 aromatic heterocycles. The molecule has 1 fully saturated rings. The first-order valence-corrected chi connectivity index (χ1v) is 9.29. The number of hydrogen-bond donors (Lipinski definition) is 3. The molecule has 118 valence electrons. The van der Waals surface area contributed by atoms with Gasteiger partial charge in [0.15, 0.2) is 0 Å². The number of carboxylic acids is 1. The minimum Gasteiger partial charge on any atom is -0.480 e. The van der Waals surface area contributed by atoms with Crippen LogP contribution in [0.1, 0.15) is 25.7 Å². The quantitative estimate of drug-likeness (QED) is 0.481. The molecule has 0 aromatic rings. The van der Waals surface area contributed by atoms with Crippen molar-refractivity contribution in [2.24, 2.45) is 5.14 Å². The molecule has 0 aliphatic carbocycles. The minimum atomic E-state index is -3.93. The van der Waals surface area contributed by atoms with Crippen molar-refractivity contribution in [2.45, 2.75) is 31.7 Å². The third kappa shape index (κ3) is 5.32. The fraction of sp³-hybridized carbons (Fsp3) is 0.889. The molecule has 1 heterocycles. The Morgan fingerprint density at radius 2 is 1.95 bits per heavy atom. The van der Waals surface area contributed by atoms with Crippen LogP contribution in [0.5, 0.6) is 0 Å². The lowest BCUT2D eigenvalue weighted by Crippen LogP contribution is -2.52. The molecular weight excluding hydrogens is 310 g/mol. The van der Waals surface area contributed by atoms with Crippen LogP contribution in [0.15, 0.2) is 0 Å². The summed E-state index contributed by atoms with van der Waals surface area (Å²) in [7, 11) is -7.56. The second-order valence-electron chi connectivity index (χ2n) is 4.58. The molecule has 0 bridgehead atoms. The van der Waals surface area contributed by atoms with Gasteiger partial charge in [0.2, 0.25) is 10.0 Å². The summed E-state index contributed by atoms with van der Waals surface area (Å²) in [5.41, 5.74) is 0. The molecule has 20 heavy (non-hydrogen) atoms. The number of hydrogen-bond acceptors (Lipinski definition) is 5. The van der Waals surface area contributed by atoms with Crippen molar-refractivity contribution >= 4 is 26.2 Å². The summed E-state index contributed by atoms with van der Waals surface area (Å²) < 4.78 is 48.5. The number of carboxylic acid groups (broad SMARTS) is 1. The molecule has 4 N–H and O–H groups in total. The lowest BCUT2D eigenvalue weighted by molar-refractivity contribution is -0.142. The lowest BCUT2D eigenvalue weighted by atomic mass is 10.1. The lowest BCUT2D eigenvalue weighted by Gasteiger charge is -2.31. The highest BCUT2D eigenvalue weighted by molar-refractivity contribution is 7.89. The smallest absolute Gasteiger partial charge is 0.322 e. The van der Waals surface area contributed by atoms with E-state index in [2.05, 4.69) is 4.72 Å². The highest BCUT2D eigenvalue weighted by Crippen LogP contribution is 2.19. The predicted octanol–water partition coefficient (Wildman–Crippen LogP) is -1.56. The third-order valence-electron chi connectivity index (χ3n) is 2.94. The molecule has 0 spiro atoms. The number of aliphatic carboxylic acids is 1. The molecule has 0 saturated carbocycles. The molecule has 1 unspecified atom stereocenters. The Bertz CT molecular complexity index is 544. The van der Waals surface area contributed by atoms with Crippen molar-refractivity contribution in [3.8, 4) is 0 Å². The van der Waals surface area contributed by atoms with E-state index in [0.717, 1.165) is 4.31 Å². The third-order valence-corrected chi connectivity index (χ3v) is 5.42. The highest BCUT2D eigenvalue weighted by Gasteiger charge is 2.36. The van der Waals surface area contributed by atoms with Crippen molar-refractivity contribution in [1.29, 1.82) is 0 Å². The molecule has 1 rings (SSSR count). The number of nitrogens with one attached hydrogen (secondary N) is 1. The van der Waals surface area contributed by atoms with Crippen LogP contribution in [0.3, 0.4) is 0 Å². The summed E-state index contributed by atoms with van der Waals surface area (Å²) in [6.45, 7) is 0.0308. The molecule has 1 saturated heterocycles. The van der Waals surface area contributed by atoms with Crippen LogP contribution in [0.2, 0.25) is 0 Å². The van der Waals surface area contributed by atoms with Gasteiger partial charge in [-0.1, -0.05) is 0 Å². The van der Waals surface area contributed by atoms with Gasteiger partial charge in [0.25, 0.3) is 10.2 Å². The van der Waals surface area contributed by atoms with E-state index in [0.29, 0.717) is 12.8 Å². The second-order valence-corrected chi connectivity index (χ2v) is 8.02. The SMILES string of the molecule is NS(=O)(=O)CCCNS(=O)(=O)N1CCCCC1C(=O)O. The summed E-state index contributed by atoms with van der Waals surface area (Å²) in [6, 6.07) is -1.07. The van der Waals surface area contributed by atoms with Crippen LogP contribution < -0.4 is 9.86 Å². The van der Waals surface area contributed by atoms with E-state index in [1.165, 1.54) is 0 Å². The minimum absolute atomic E-state index is 0.0314. The Balaban J connectivity index is 2.60. The van der Waals surface area contributed by atoms with Crippen molar-refractivity contribution in [3.05, 3.63) is 0 Å². The number of piperidine rings is 1. The number of rotatable bonds is 7. The molecule has 9 nitrogen and oxygen atoms in total. The molecule has 1 aliphatic heterocycles. The zero-order chi connectivity index (χ0) is 15.4. The van der Waals surface area contributed by atoms with E-state index < -0.39 is 32.2 Å². The first-order chi connectivity index (χ1) is 9.13. The van der Waals surface area contributed by atoms with E-state index in [1.807, 2.05) is 0 Å². The molecule has 0 aromatic carbocycles. The Morgan fingerprint density at radius 1 is 1.30 bits per heavy atom. The van der Waals surface area contributed by atoms with Gasteiger partial charge in [-0.05, 0) is 25.7 Å². The van der Waals surface area contributed by atoms with Gasteiger partial charge in [-0.2, -0.15) is 12.7 Å². The van der Waals surface area contributed by atoms with Gasteiger partial charge in [-0.3, -0.25) is 4.79 Å². The van der Waals surface area contributed by atoms with Gasteiger partial charge in [-0.15, -0.1) is 0 Å². The maximum Gasteiger partial charge on any atom is 0.322 e. The van der Waals surface area contributed by atoms with E-state index in [-0.39, 0.29) is 31.7 Å². The van der Waals surface area contributed by atoms with Crippen LogP contribution in [-0.4, -0.2) is 57.1 Å². The summed E-state index contributed by atoms with van der Waals surface area (Å²) in [5.74, 6) is -1.52. The van der Waals surface area contributed by atoms with E-state index in [9.17, 15) is 21.6 Å². The van der Waals surface area contributed by atoms with Crippen LogP contribution in [0, 0.1) is 0 Å². The molecule has 1 atom stereocenters. The fourth-order valence-electron chi connectivity index (χ4n) is 2.00. The fourth-order valence-corrected chi connectivity index (χ4v) is 4.01. The van der Waals surface area contributed by atoms with Crippen molar-refractivity contribution in [3.63, 3.8) is 0 Å². The normalized spacial score (nSPS) is 21.8. The first-order valence-electron chi connectivity index (χ1n) is 6.13. The topological polar surface area (TPSA) is 147 Å². The van der Waals surface area contributed by atoms with Gasteiger partial charge < -0.3 is 5.11 Å². The van der Waals surface area contributed by atoms with Gasteiger partial charge in [-0.25, -0.2) is 18.3 Å². The average Bonchev–Trinajstić information content (AvgIpc) is 2.33. The van der Waals surface area contributed by atoms with Crippen LogP contribution in [-0.2, 0) is 25.0 Å². The Hall–Kier alpha value is -0.750. The average molecular weight is 329 g/mol. The number of nitrogens with two attached hydrogens (primary N) is 1.